The summed E-state index contributed by atoms with van der Waals surface area (Å²) < 4.78 is 11.4. The van der Waals surface area contributed by atoms with Gasteiger partial charge in [0.2, 0.25) is 0 Å². The minimum atomic E-state index is -1.16. The van der Waals surface area contributed by atoms with Crippen LogP contribution in [0.1, 0.15) is 28.7 Å². The summed E-state index contributed by atoms with van der Waals surface area (Å²) in [4.78, 5) is 23.7. The van der Waals surface area contributed by atoms with Crippen molar-refractivity contribution in [3.63, 3.8) is 0 Å². The zero-order chi connectivity index (χ0) is 17.3. The first-order chi connectivity index (χ1) is 10.8. The van der Waals surface area contributed by atoms with Crippen LogP contribution in [0.25, 0.3) is 17.0 Å². The molecule has 0 atom stereocenters. The Morgan fingerprint density at radius 1 is 1.22 bits per heavy atom. The number of aliphatic hydroxyl groups excluding tert-OH is 1. The third-order valence-corrected chi connectivity index (χ3v) is 3.57. The number of rotatable bonds is 4. The van der Waals surface area contributed by atoms with Crippen LogP contribution in [0.3, 0.4) is 0 Å². The standard InChI is InChI=1S/C16H17NO6/c1-8-12(11-6-5-7-23-11)13(15(19)20)9(2)17(8)14(10(3)18)16(21)22-4/h5-7,18H,1-4H3,(H,19,20)/b14-10+. The van der Waals surface area contributed by atoms with E-state index in [1.165, 1.54) is 24.9 Å². The summed E-state index contributed by atoms with van der Waals surface area (Å²) in [7, 11) is 1.19. The first-order valence-corrected chi connectivity index (χ1v) is 6.78. The number of aliphatic hydroxyl groups is 1. The van der Waals surface area contributed by atoms with E-state index in [-0.39, 0.29) is 22.7 Å². The van der Waals surface area contributed by atoms with Gasteiger partial charge < -0.3 is 23.9 Å². The number of carboxylic acid groups (broad SMARTS) is 1. The lowest BCUT2D eigenvalue weighted by atomic mass is 10.1. The highest BCUT2D eigenvalue weighted by Gasteiger charge is 2.29. The molecule has 0 amide bonds. The fourth-order valence-corrected chi connectivity index (χ4v) is 2.65. The number of hydrogen-bond acceptors (Lipinski definition) is 5. The molecule has 0 fully saturated rings. The molecule has 0 bridgehead atoms. The maximum Gasteiger partial charge on any atom is 0.358 e. The molecular weight excluding hydrogens is 302 g/mol. The second-order valence-corrected chi connectivity index (χ2v) is 4.96. The zero-order valence-corrected chi connectivity index (χ0v) is 13.2. The van der Waals surface area contributed by atoms with Gasteiger partial charge in [-0.25, -0.2) is 9.59 Å². The predicted molar refractivity (Wildman–Crippen MR) is 82.1 cm³/mol. The second-order valence-electron chi connectivity index (χ2n) is 4.96. The molecule has 7 nitrogen and oxygen atoms in total. The maximum absolute atomic E-state index is 12.0. The fourth-order valence-electron chi connectivity index (χ4n) is 2.65. The molecule has 0 aromatic carbocycles. The van der Waals surface area contributed by atoms with Crippen LogP contribution in [0.2, 0.25) is 0 Å². The van der Waals surface area contributed by atoms with Crippen molar-refractivity contribution in [3.8, 4) is 11.3 Å². The number of esters is 1. The quantitative estimate of drug-likeness (QED) is 0.510. The molecule has 0 aliphatic carbocycles. The normalized spacial score (nSPS) is 12.0. The molecule has 0 aliphatic heterocycles. The Morgan fingerprint density at radius 3 is 2.30 bits per heavy atom. The number of nitrogens with zero attached hydrogens (tertiary/aromatic N) is 1. The zero-order valence-electron chi connectivity index (χ0n) is 13.2. The van der Waals surface area contributed by atoms with Crippen LogP contribution in [0, 0.1) is 13.8 Å². The number of aromatic nitrogens is 1. The van der Waals surface area contributed by atoms with E-state index in [9.17, 15) is 19.8 Å². The number of furan rings is 1. The first kappa shape index (κ1) is 16.4. The van der Waals surface area contributed by atoms with Gasteiger partial charge in [-0.05, 0) is 32.9 Å². The van der Waals surface area contributed by atoms with Crippen molar-refractivity contribution in [2.75, 3.05) is 7.11 Å². The van der Waals surface area contributed by atoms with Crippen molar-refractivity contribution >= 4 is 17.6 Å². The van der Waals surface area contributed by atoms with Crippen molar-refractivity contribution < 1.29 is 29.0 Å². The lowest BCUT2D eigenvalue weighted by Crippen LogP contribution is -2.15. The van der Waals surface area contributed by atoms with E-state index in [2.05, 4.69) is 4.74 Å². The third kappa shape index (κ3) is 2.61. The molecule has 23 heavy (non-hydrogen) atoms. The SMILES string of the molecule is COC(=O)/C(=C(/C)O)n1c(C)c(C(=O)O)c(-c2ccco2)c1C. The van der Waals surface area contributed by atoms with Crippen molar-refractivity contribution in [1.82, 2.24) is 4.57 Å². The van der Waals surface area contributed by atoms with E-state index in [1.54, 1.807) is 26.0 Å². The number of aromatic carboxylic acids is 1. The van der Waals surface area contributed by atoms with Gasteiger partial charge in [-0.1, -0.05) is 0 Å². The molecule has 2 aromatic heterocycles. The van der Waals surface area contributed by atoms with Crippen LogP contribution in [0.5, 0.6) is 0 Å². The van der Waals surface area contributed by atoms with Gasteiger partial charge in [0.15, 0.2) is 5.70 Å². The van der Waals surface area contributed by atoms with Crippen LogP contribution in [0.15, 0.2) is 28.6 Å². The molecule has 2 heterocycles. The highest BCUT2D eigenvalue weighted by atomic mass is 16.5. The topological polar surface area (TPSA) is 102 Å². The number of carbonyl (C=O) groups excluding carboxylic acids is 1. The van der Waals surface area contributed by atoms with E-state index in [0.717, 1.165) is 0 Å². The average molecular weight is 319 g/mol. The van der Waals surface area contributed by atoms with Gasteiger partial charge in [0.1, 0.15) is 11.5 Å². The number of carbonyl (C=O) groups is 2. The first-order valence-electron chi connectivity index (χ1n) is 6.78. The molecule has 0 unspecified atom stereocenters. The van der Waals surface area contributed by atoms with E-state index in [4.69, 9.17) is 4.42 Å². The monoisotopic (exact) mass is 319 g/mol. The lowest BCUT2D eigenvalue weighted by Gasteiger charge is -2.13. The van der Waals surface area contributed by atoms with Gasteiger partial charge in [-0.2, -0.15) is 0 Å². The molecule has 2 aromatic rings. The van der Waals surface area contributed by atoms with E-state index in [0.29, 0.717) is 17.0 Å². The molecule has 0 radical (unpaired) electrons. The number of allylic oxidation sites excluding steroid dienone is 1. The van der Waals surface area contributed by atoms with E-state index >= 15 is 0 Å². The Morgan fingerprint density at radius 2 is 1.87 bits per heavy atom. The van der Waals surface area contributed by atoms with Crippen molar-refractivity contribution in [3.05, 3.63) is 41.1 Å². The number of carboxylic acids is 1. The minimum absolute atomic E-state index is 0.0000954. The van der Waals surface area contributed by atoms with Crippen LogP contribution < -0.4 is 0 Å². The summed E-state index contributed by atoms with van der Waals surface area (Å²) in [6.07, 6.45) is 1.43. The fraction of sp³-hybridized carbons (Fsp3) is 0.250. The molecule has 122 valence electrons. The number of ether oxygens (including phenoxy) is 1. The van der Waals surface area contributed by atoms with Gasteiger partial charge in [-0.15, -0.1) is 0 Å². The predicted octanol–water partition coefficient (Wildman–Crippen LogP) is 2.98. The van der Waals surface area contributed by atoms with Gasteiger partial charge in [-0.3, -0.25) is 0 Å². The Labute approximate surface area is 132 Å². The largest absolute Gasteiger partial charge is 0.510 e. The Hall–Kier alpha value is -2.96. The van der Waals surface area contributed by atoms with E-state index < -0.39 is 11.9 Å². The van der Waals surface area contributed by atoms with Crippen molar-refractivity contribution in [1.29, 1.82) is 0 Å². The average Bonchev–Trinajstić information content (AvgIpc) is 3.07. The maximum atomic E-state index is 12.0. The highest BCUT2D eigenvalue weighted by Crippen LogP contribution is 2.35. The van der Waals surface area contributed by atoms with Gasteiger partial charge in [0, 0.05) is 11.4 Å². The summed E-state index contributed by atoms with van der Waals surface area (Å²) in [5.41, 5.74) is 0.949. The molecule has 0 saturated heterocycles. The molecule has 7 heteroatoms. The second kappa shape index (κ2) is 6.04. The Balaban J connectivity index is 2.87. The van der Waals surface area contributed by atoms with Crippen LogP contribution in [-0.4, -0.2) is 33.8 Å². The summed E-state index contributed by atoms with van der Waals surface area (Å²) in [6.45, 7) is 4.52. The molecule has 0 saturated carbocycles. The number of hydrogen-bond donors (Lipinski definition) is 2. The van der Waals surface area contributed by atoms with Crippen molar-refractivity contribution in [2.45, 2.75) is 20.8 Å². The minimum Gasteiger partial charge on any atom is -0.510 e. The van der Waals surface area contributed by atoms with Crippen molar-refractivity contribution in [2.24, 2.45) is 0 Å². The molecule has 2 N–H and O–H groups in total. The van der Waals surface area contributed by atoms with Crippen LogP contribution >= 0.6 is 0 Å². The summed E-state index contributed by atoms with van der Waals surface area (Å²) in [5.74, 6) is -1.84. The smallest absolute Gasteiger partial charge is 0.358 e. The van der Waals surface area contributed by atoms with E-state index in [1.807, 2.05) is 0 Å². The third-order valence-electron chi connectivity index (χ3n) is 3.57. The Bertz CT molecular complexity index is 791. The molecular formula is C16H17NO6. The Kier molecular flexibility index (Phi) is 4.31. The lowest BCUT2D eigenvalue weighted by molar-refractivity contribution is -0.134. The number of methoxy groups -OCH3 is 1. The summed E-state index contributed by atoms with van der Waals surface area (Å²) in [5, 5.41) is 19.4. The molecule has 2 rings (SSSR count). The van der Waals surface area contributed by atoms with Crippen LogP contribution in [0.4, 0.5) is 0 Å². The summed E-state index contributed by atoms with van der Waals surface area (Å²) in [6, 6.07) is 3.27. The van der Waals surface area contributed by atoms with Gasteiger partial charge >= 0.3 is 11.9 Å². The van der Waals surface area contributed by atoms with Gasteiger partial charge in [0.05, 0.1) is 24.5 Å². The van der Waals surface area contributed by atoms with Crippen LogP contribution in [-0.2, 0) is 9.53 Å². The molecule has 0 aliphatic rings. The highest BCUT2D eigenvalue weighted by molar-refractivity contribution is 6.12. The summed E-state index contributed by atoms with van der Waals surface area (Å²) >= 11 is 0. The van der Waals surface area contributed by atoms with Gasteiger partial charge in [0.25, 0.3) is 0 Å². The molecule has 0 spiro atoms.